The molecule has 0 fully saturated rings. The molecule has 0 atom stereocenters. The van der Waals surface area contributed by atoms with Crippen molar-refractivity contribution in [3.8, 4) is 20.5 Å². The fraction of sp³-hybridized carbons (Fsp3) is 0.148. The van der Waals surface area contributed by atoms with E-state index in [-0.39, 0.29) is 5.91 Å². The van der Waals surface area contributed by atoms with Gasteiger partial charge in [-0.15, -0.1) is 45.3 Å². The Kier molecular flexibility index (Phi) is 5.48. The largest absolute Gasteiger partial charge is 0.312 e. The topological polar surface area (TPSA) is 58.1 Å². The van der Waals surface area contributed by atoms with Crippen molar-refractivity contribution in [1.82, 2.24) is 14.9 Å². The lowest BCUT2D eigenvalue weighted by atomic mass is 10.0. The van der Waals surface area contributed by atoms with E-state index >= 15 is 0 Å². The quantitative estimate of drug-likeness (QED) is 0.248. The smallest absolute Gasteiger partial charge is 0.266 e. The molecule has 6 aromatic rings. The summed E-state index contributed by atoms with van der Waals surface area (Å²) in [6.07, 6.45) is 0.963. The molecule has 4 aromatic heterocycles. The number of thiazole rings is 2. The first-order valence-corrected chi connectivity index (χ1v) is 14.8. The van der Waals surface area contributed by atoms with Gasteiger partial charge in [-0.3, -0.25) is 4.79 Å². The molecule has 1 aliphatic rings. The van der Waals surface area contributed by atoms with Crippen LogP contribution in [0.5, 0.6) is 0 Å². The molecule has 0 saturated heterocycles. The molecule has 1 aliphatic heterocycles. The van der Waals surface area contributed by atoms with Crippen molar-refractivity contribution in [1.29, 1.82) is 0 Å². The van der Waals surface area contributed by atoms with E-state index in [1.54, 1.807) is 34.0 Å². The summed E-state index contributed by atoms with van der Waals surface area (Å²) in [6.45, 7) is 1.90. The summed E-state index contributed by atoms with van der Waals surface area (Å²) in [6, 6.07) is 20.3. The number of amides is 1. The van der Waals surface area contributed by atoms with Crippen LogP contribution in [-0.4, -0.2) is 34.4 Å². The summed E-state index contributed by atoms with van der Waals surface area (Å²) in [5.41, 5.74) is 4.42. The number of aromatic nitrogens is 2. The second-order valence-electron chi connectivity index (χ2n) is 8.79. The van der Waals surface area contributed by atoms with Crippen molar-refractivity contribution < 1.29 is 4.79 Å². The van der Waals surface area contributed by atoms with E-state index in [0.29, 0.717) is 4.88 Å². The zero-order valence-electron chi connectivity index (χ0n) is 19.3. The van der Waals surface area contributed by atoms with E-state index in [1.165, 1.54) is 21.8 Å². The summed E-state index contributed by atoms with van der Waals surface area (Å²) in [5, 5.41) is 6.08. The fourth-order valence-electron chi connectivity index (χ4n) is 4.54. The van der Waals surface area contributed by atoms with Gasteiger partial charge in [0, 0.05) is 23.5 Å². The highest BCUT2D eigenvalue weighted by Gasteiger charge is 2.27. The molecule has 1 amide bonds. The lowest BCUT2D eigenvalue weighted by molar-refractivity contribution is 0.103. The van der Waals surface area contributed by atoms with Crippen molar-refractivity contribution in [3.63, 3.8) is 0 Å². The predicted octanol–water partition coefficient (Wildman–Crippen LogP) is 7.60. The second-order valence-corrected chi connectivity index (χ2v) is 13.0. The average molecular weight is 545 g/mol. The van der Waals surface area contributed by atoms with Crippen LogP contribution in [0.25, 0.3) is 40.9 Å². The number of hydrogen-bond acceptors (Lipinski definition) is 8. The number of nitrogens with one attached hydrogen (secondary N) is 1. The normalized spacial score (nSPS) is 13.9. The molecule has 0 saturated carbocycles. The minimum atomic E-state index is -0.0818. The van der Waals surface area contributed by atoms with Crippen LogP contribution < -0.4 is 5.32 Å². The monoisotopic (exact) mass is 544 g/mol. The molecule has 1 N–H and O–H groups in total. The lowest BCUT2D eigenvalue weighted by Gasteiger charge is -2.22. The fourth-order valence-corrected chi connectivity index (χ4v) is 8.90. The first-order chi connectivity index (χ1) is 17.6. The number of carbonyl (C=O) groups excluding carboxylic acids is 1. The molecule has 0 unspecified atom stereocenters. The van der Waals surface area contributed by atoms with Gasteiger partial charge in [0.05, 0.1) is 30.2 Å². The van der Waals surface area contributed by atoms with Crippen LogP contribution >= 0.6 is 45.3 Å². The number of rotatable bonds is 4. The van der Waals surface area contributed by atoms with Crippen LogP contribution in [0.2, 0.25) is 0 Å². The van der Waals surface area contributed by atoms with Crippen molar-refractivity contribution in [3.05, 3.63) is 76.0 Å². The molecule has 0 aliphatic carbocycles. The molecule has 0 bridgehead atoms. The summed E-state index contributed by atoms with van der Waals surface area (Å²) < 4.78 is 2.32. The van der Waals surface area contributed by atoms with Crippen LogP contribution in [0.1, 0.15) is 20.1 Å². The first-order valence-electron chi connectivity index (χ1n) is 11.6. The Bertz CT molecular complexity index is 1690. The molecule has 178 valence electrons. The van der Waals surface area contributed by atoms with E-state index in [4.69, 9.17) is 9.97 Å². The van der Waals surface area contributed by atoms with Crippen LogP contribution in [0.4, 0.5) is 5.00 Å². The maximum Gasteiger partial charge on any atom is 0.266 e. The van der Waals surface area contributed by atoms with E-state index in [0.717, 1.165) is 65.4 Å². The van der Waals surface area contributed by atoms with Gasteiger partial charge >= 0.3 is 0 Å². The second kappa shape index (κ2) is 8.86. The third kappa shape index (κ3) is 3.88. The molecular weight excluding hydrogens is 525 g/mol. The molecule has 7 rings (SSSR count). The maximum absolute atomic E-state index is 13.4. The standard InChI is InChI=1S/C27H20N4OS4/c1-31-13-12-15-22(14-31)36-27(23(15)26-29-17-7-3-5-9-19(17)35-26)30-24(32)20-10-11-21(33-20)25-28-16-6-2-4-8-18(16)34-25/h2-11H,12-14H2,1H3,(H,30,32). The molecule has 0 spiro atoms. The van der Waals surface area contributed by atoms with Gasteiger partial charge in [0.15, 0.2) is 0 Å². The Morgan fingerprint density at radius 2 is 1.56 bits per heavy atom. The number of hydrogen-bond donors (Lipinski definition) is 1. The van der Waals surface area contributed by atoms with Crippen molar-refractivity contribution >= 4 is 76.7 Å². The lowest BCUT2D eigenvalue weighted by Crippen LogP contribution is -2.25. The Hall–Kier alpha value is -2.95. The summed E-state index contributed by atoms with van der Waals surface area (Å²) >= 11 is 6.53. The van der Waals surface area contributed by atoms with E-state index in [1.807, 2.05) is 42.5 Å². The van der Waals surface area contributed by atoms with E-state index < -0.39 is 0 Å². The number of likely N-dealkylation sites (N-methyl/N-ethyl adjacent to an activating group) is 1. The third-order valence-electron chi connectivity index (χ3n) is 6.32. The molecule has 2 aromatic carbocycles. The van der Waals surface area contributed by atoms with Gasteiger partial charge in [-0.25, -0.2) is 9.97 Å². The average Bonchev–Trinajstić information content (AvgIpc) is 3.66. The number of fused-ring (bicyclic) bond motifs is 3. The zero-order chi connectivity index (χ0) is 24.2. The number of thiophene rings is 2. The van der Waals surface area contributed by atoms with Gasteiger partial charge in [-0.2, -0.15) is 0 Å². The van der Waals surface area contributed by atoms with Crippen LogP contribution in [0, 0.1) is 0 Å². The maximum atomic E-state index is 13.4. The Morgan fingerprint density at radius 3 is 2.31 bits per heavy atom. The molecule has 9 heteroatoms. The van der Waals surface area contributed by atoms with Crippen LogP contribution in [-0.2, 0) is 13.0 Å². The van der Waals surface area contributed by atoms with Gasteiger partial charge in [-0.05, 0) is 55.4 Å². The molecule has 5 heterocycles. The van der Waals surface area contributed by atoms with Gasteiger partial charge in [0.25, 0.3) is 5.91 Å². The summed E-state index contributed by atoms with van der Waals surface area (Å²) in [7, 11) is 2.15. The van der Waals surface area contributed by atoms with Gasteiger partial charge in [-0.1, -0.05) is 24.3 Å². The van der Waals surface area contributed by atoms with Gasteiger partial charge in [0.1, 0.15) is 15.0 Å². The highest BCUT2D eigenvalue weighted by atomic mass is 32.1. The SMILES string of the molecule is CN1CCc2c(sc(NC(=O)c3ccc(-c4nc5ccccc5s4)s3)c2-c2nc3ccccc3s2)C1. The van der Waals surface area contributed by atoms with Crippen molar-refractivity contribution in [2.24, 2.45) is 0 Å². The molecule has 5 nitrogen and oxygen atoms in total. The minimum Gasteiger partial charge on any atom is -0.312 e. The van der Waals surface area contributed by atoms with E-state index in [9.17, 15) is 4.79 Å². The summed E-state index contributed by atoms with van der Waals surface area (Å²) in [4.78, 5) is 28.5. The van der Waals surface area contributed by atoms with E-state index in [2.05, 4.69) is 35.5 Å². The van der Waals surface area contributed by atoms with Gasteiger partial charge in [0.2, 0.25) is 0 Å². The predicted molar refractivity (Wildman–Crippen MR) is 154 cm³/mol. The molecular formula is C27H20N4OS4. The summed E-state index contributed by atoms with van der Waals surface area (Å²) in [5.74, 6) is -0.0818. The number of carbonyl (C=O) groups is 1. The number of nitrogens with zero attached hydrogens (tertiary/aromatic N) is 3. The highest BCUT2D eigenvalue weighted by Crippen LogP contribution is 2.46. The zero-order valence-corrected chi connectivity index (χ0v) is 22.5. The van der Waals surface area contributed by atoms with Gasteiger partial charge < -0.3 is 10.2 Å². The number of anilines is 1. The van der Waals surface area contributed by atoms with Crippen LogP contribution in [0.3, 0.4) is 0 Å². The highest BCUT2D eigenvalue weighted by molar-refractivity contribution is 7.26. The van der Waals surface area contributed by atoms with Crippen molar-refractivity contribution in [2.45, 2.75) is 13.0 Å². The number of benzene rings is 2. The minimum absolute atomic E-state index is 0.0818. The Morgan fingerprint density at radius 1 is 0.861 bits per heavy atom. The molecule has 36 heavy (non-hydrogen) atoms. The Labute approximate surface area is 223 Å². The van der Waals surface area contributed by atoms with Crippen LogP contribution in [0.15, 0.2) is 60.7 Å². The number of para-hydroxylation sites is 2. The third-order valence-corrected chi connectivity index (χ3v) is 10.8. The first kappa shape index (κ1) is 22.3. The van der Waals surface area contributed by atoms with Crippen molar-refractivity contribution in [2.75, 3.05) is 18.9 Å². The Balaban J connectivity index is 1.24. The molecule has 0 radical (unpaired) electrons.